The van der Waals surface area contributed by atoms with E-state index in [1.807, 2.05) is 0 Å². The van der Waals surface area contributed by atoms with Crippen molar-refractivity contribution in [3.8, 4) is 66.8 Å². The fraction of sp³-hybridized carbons (Fsp3) is 0.189. The fourth-order valence-electron chi connectivity index (χ4n) is 17.8. The van der Waals surface area contributed by atoms with Gasteiger partial charge in [0.15, 0.2) is 0 Å². The summed E-state index contributed by atoms with van der Waals surface area (Å²) in [5.74, 6) is 3.14. The standard InChI is InChI=1S/C74H57N/c1-72(2)64-25-10-5-22-59(64)63-24-15-23-62(71(63)72)54-17-4-3-16-53(54)47-30-32-50(33-31-47)75(51-34-36-60-57-20-6-11-26-65(57)73(69(60)43-51)48-39-45-38-46(41-48)42-49(73)40-45)52-35-37-61-58-21-9-14-29-68(58)74(70(61)44-52)66-27-12-7-18-55(66)56-19-8-13-28-67(56)74/h3-37,43-46,48-49H,38-42H2,1-2H3. The van der Waals surface area contributed by atoms with E-state index in [0.717, 1.165) is 11.8 Å². The summed E-state index contributed by atoms with van der Waals surface area (Å²) in [5, 5.41) is 0. The summed E-state index contributed by atoms with van der Waals surface area (Å²) in [4.78, 5) is 2.61. The van der Waals surface area contributed by atoms with E-state index in [0.29, 0.717) is 11.8 Å². The van der Waals surface area contributed by atoms with E-state index in [1.165, 1.54) is 149 Å². The molecule has 75 heavy (non-hydrogen) atoms. The van der Waals surface area contributed by atoms with E-state index >= 15 is 0 Å². The maximum atomic E-state index is 2.68. The van der Waals surface area contributed by atoms with Gasteiger partial charge >= 0.3 is 0 Å². The number of anilines is 3. The summed E-state index contributed by atoms with van der Waals surface area (Å²) in [5.41, 5.74) is 30.6. The summed E-state index contributed by atoms with van der Waals surface area (Å²) < 4.78 is 0. The molecule has 1 heteroatoms. The lowest BCUT2D eigenvalue weighted by Gasteiger charge is -2.61. The van der Waals surface area contributed by atoms with Gasteiger partial charge in [-0.15, -0.1) is 0 Å². The predicted octanol–water partition coefficient (Wildman–Crippen LogP) is 18.9. The van der Waals surface area contributed by atoms with Crippen molar-refractivity contribution in [2.45, 2.75) is 62.2 Å². The first kappa shape index (κ1) is 42.4. The quantitative estimate of drug-likeness (QED) is 0.166. The number of fused-ring (bicyclic) bond motifs is 16. The summed E-state index contributed by atoms with van der Waals surface area (Å²) in [6.45, 7) is 4.80. The molecule has 4 bridgehead atoms. The average Bonchev–Trinajstić information content (AvgIpc) is 4.31. The molecule has 0 saturated heterocycles. The maximum Gasteiger partial charge on any atom is 0.0726 e. The van der Waals surface area contributed by atoms with Gasteiger partial charge < -0.3 is 4.90 Å². The minimum atomic E-state index is -0.439. The number of rotatable bonds is 5. The fourth-order valence-corrected chi connectivity index (χ4v) is 17.8. The molecule has 0 aliphatic heterocycles. The van der Waals surface area contributed by atoms with Gasteiger partial charge in [0.25, 0.3) is 0 Å². The van der Waals surface area contributed by atoms with Gasteiger partial charge in [-0.3, -0.25) is 0 Å². The summed E-state index contributed by atoms with van der Waals surface area (Å²) in [6.07, 6.45) is 6.91. The normalized spacial score (nSPS) is 22.3. The molecule has 0 unspecified atom stereocenters. The van der Waals surface area contributed by atoms with Crippen molar-refractivity contribution < 1.29 is 0 Å². The Morgan fingerprint density at radius 3 is 1.25 bits per heavy atom. The first-order valence-corrected chi connectivity index (χ1v) is 27.8. The van der Waals surface area contributed by atoms with Gasteiger partial charge in [-0.25, -0.2) is 0 Å². The second-order valence-electron chi connectivity index (χ2n) is 23.9. The number of hydrogen-bond donors (Lipinski definition) is 0. The third-order valence-electron chi connectivity index (χ3n) is 20.3. The van der Waals surface area contributed by atoms with Gasteiger partial charge in [0.05, 0.1) is 5.41 Å². The van der Waals surface area contributed by atoms with Crippen molar-refractivity contribution in [1.29, 1.82) is 0 Å². The highest BCUT2D eigenvalue weighted by atomic mass is 15.1. The van der Waals surface area contributed by atoms with Crippen LogP contribution in [-0.2, 0) is 16.2 Å². The molecule has 1 nitrogen and oxygen atoms in total. The van der Waals surface area contributed by atoms with Crippen LogP contribution in [0.1, 0.15) is 90.5 Å². The molecule has 0 N–H and O–H groups in total. The van der Waals surface area contributed by atoms with Gasteiger partial charge in [0.1, 0.15) is 0 Å². The Labute approximate surface area is 441 Å². The van der Waals surface area contributed by atoms with Crippen molar-refractivity contribution in [2.75, 3.05) is 4.90 Å². The van der Waals surface area contributed by atoms with Gasteiger partial charge in [0, 0.05) is 27.9 Å². The zero-order valence-electron chi connectivity index (χ0n) is 42.7. The molecule has 10 aromatic carbocycles. The van der Waals surface area contributed by atoms with Crippen LogP contribution in [0, 0.1) is 23.7 Å². The largest absolute Gasteiger partial charge is 0.310 e. The molecule has 4 saturated carbocycles. The number of hydrogen-bond acceptors (Lipinski definition) is 1. The molecular weight excluding hydrogens is 903 g/mol. The maximum absolute atomic E-state index is 2.68. The van der Waals surface area contributed by atoms with E-state index in [9.17, 15) is 0 Å². The lowest BCUT2D eigenvalue weighted by atomic mass is 9.43. The van der Waals surface area contributed by atoms with E-state index in [4.69, 9.17) is 0 Å². The Bertz CT molecular complexity index is 3980. The van der Waals surface area contributed by atoms with Crippen LogP contribution < -0.4 is 4.90 Å². The van der Waals surface area contributed by atoms with Crippen molar-refractivity contribution in [1.82, 2.24) is 0 Å². The Morgan fingerprint density at radius 1 is 0.307 bits per heavy atom. The molecule has 2 spiro atoms. The monoisotopic (exact) mass is 959 g/mol. The van der Waals surface area contributed by atoms with Crippen LogP contribution in [0.3, 0.4) is 0 Å². The summed E-state index contributed by atoms with van der Waals surface area (Å²) >= 11 is 0. The molecular formula is C74H57N. The van der Waals surface area contributed by atoms with Crippen LogP contribution >= 0.6 is 0 Å². The lowest BCUT2D eigenvalue weighted by Crippen LogP contribution is -2.55. The molecule has 0 radical (unpaired) electrons. The molecule has 8 aliphatic carbocycles. The van der Waals surface area contributed by atoms with Crippen LogP contribution in [0.5, 0.6) is 0 Å². The molecule has 4 fully saturated rings. The van der Waals surface area contributed by atoms with Crippen LogP contribution in [0.2, 0.25) is 0 Å². The van der Waals surface area contributed by atoms with E-state index < -0.39 is 5.41 Å². The molecule has 8 aliphatic rings. The Balaban J connectivity index is 0.865. The molecule has 358 valence electrons. The topological polar surface area (TPSA) is 3.24 Å². The molecule has 18 rings (SSSR count). The van der Waals surface area contributed by atoms with E-state index in [1.54, 1.807) is 11.1 Å². The van der Waals surface area contributed by atoms with Gasteiger partial charge in [0.2, 0.25) is 0 Å². The molecule has 0 heterocycles. The SMILES string of the molecule is CC1(C)c2ccccc2-c2cccc(-c3ccccc3-c3ccc(N(c4ccc5c(c4)C4(c6ccccc6-c6ccccc64)c4ccccc4-5)c4ccc5c(c4)C4(c6ccccc6-5)C5CC6CC(C5)CC4C6)cc3)c21. The predicted molar refractivity (Wildman–Crippen MR) is 309 cm³/mol. The molecule has 0 aromatic heterocycles. The number of benzene rings is 10. The average molecular weight is 960 g/mol. The minimum absolute atomic E-state index is 0.0586. The van der Waals surface area contributed by atoms with Gasteiger partial charge in [-0.05, 0) is 203 Å². The van der Waals surface area contributed by atoms with Gasteiger partial charge in [-0.1, -0.05) is 202 Å². The second kappa shape index (κ2) is 15.1. The number of nitrogens with zero attached hydrogens (tertiary/aromatic N) is 1. The second-order valence-corrected chi connectivity index (χ2v) is 23.9. The Morgan fingerprint density at radius 2 is 0.693 bits per heavy atom. The van der Waals surface area contributed by atoms with Crippen molar-refractivity contribution in [3.63, 3.8) is 0 Å². The third kappa shape index (κ3) is 5.39. The first-order valence-electron chi connectivity index (χ1n) is 27.8. The zero-order chi connectivity index (χ0) is 49.4. The van der Waals surface area contributed by atoms with Crippen molar-refractivity contribution in [3.05, 3.63) is 269 Å². The zero-order valence-corrected chi connectivity index (χ0v) is 42.7. The molecule has 0 atom stereocenters. The molecule has 0 amide bonds. The lowest BCUT2D eigenvalue weighted by molar-refractivity contribution is -0.0399. The smallest absolute Gasteiger partial charge is 0.0726 e. The van der Waals surface area contributed by atoms with Crippen LogP contribution in [0.25, 0.3) is 66.8 Å². The van der Waals surface area contributed by atoms with Crippen LogP contribution in [0.4, 0.5) is 17.1 Å². The van der Waals surface area contributed by atoms with Crippen LogP contribution in [0.15, 0.2) is 224 Å². The van der Waals surface area contributed by atoms with Crippen molar-refractivity contribution in [2.24, 2.45) is 23.7 Å². The highest BCUT2D eigenvalue weighted by Gasteiger charge is 2.62. The highest BCUT2D eigenvalue weighted by Crippen LogP contribution is 2.70. The van der Waals surface area contributed by atoms with E-state index in [2.05, 4.69) is 243 Å². The Kier molecular flexibility index (Phi) is 8.52. The summed E-state index contributed by atoms with van der Waals surface area (Å²) in [6, 6.07) is 86.9. The molecule has 10 aromatic rings. The van der Waals surface area contributed by atoms with Gasteiger partial charge in [-0.2, -0.15) is 0 Å². The first-order chi connectivity index (χ1) is 36.9. The van der Waals surface area contributed by atoms with Crippen LogP contribution in [-0.4, -0.2) is 0 Å². The highest BCUT2D eigenvalue weighted by molar-refractivity contribution is 5.98. The third-order valence-corrected chi connectivity index (χ3v) is 20.3. The van der Waals surface area contributed by atoms with E-state index in [-0.39, 0.29) is 10.8 Å². The summed E-state index contributed by atoms with van der Waals surface area (Å²) in [7, 11) is 0. The Hall–Kier alpha value is -8.00. The minimum Gasteiger partial charge on any atom is -0.310 e. The van der Waals surface area contributed by atoms with Crippen molar-refractivity contribution >= 4 is 17.1 Å².